The molecule has 5 aromatic rings. The van der Waals surface area contributed by atoms with Crippen molar-refractivity contribution < 1.29 is 28.8 Å². The molecule has 360 valence electrons. The van der Waals surface area contributed by atoms with Gasteiger partial charge in [0.15, 0.2) is 17.0 Å². The number of carbonyl (C=O) groups excluding carboxylic acids is 6. The maximum absolute atomic E-state index is 13.6. The number of hydrogen-bond acceptors (Lipinski definition) is 13. The lowest BCUT2D eigenvalue weighted by atomic mass is 9.60. The number of nitrogens with zero attached hydrogens (tertiary/aromatic N) is 9. The zero-order valence-electron chi connectivity index (χ0n) is 39.0. The first-order valence-corrected chi connectivity index (χ1v) is 24.8. The summed E-state index contributed by atoms with van der Waals surface area (Å²) in [6, 6.07) is 23.4. The Kier molecular flexibility index (Phi) is 11.1. The van der Waals surface area contributed by atoms with E-state index in [-0.39, 0.29) is 53.8 Å². The zero-order chi connectivity index (χ0) is 47.7. The van der Waals surface area contributed by atoms with Gasteiger partial charge in [-0.25, -0.2) is 15.0 Å². The topological polar surface area (TPSA) is 198 Å². The second kappa shape index (κ2) is 17.6. The second-order valence-electron chi connectivity index (χ2n) is 20.5. The minimum atomic E-state index is -1.00. The molecule has 6 fully saturated rings. The van der Waals surface area contributed by atoms with Crippen molar-refractivity contribution in [2.45, 2.75) is 82.0 Å². The molecule has 0 bridgehead atoms. The number of piperazine rings is 1. The molecule has 18 heteroatoms. The lowest BCUT2D eigenvalue weighted by Gasteiger charge is -2.56. The highest BCUT2D eigenvalue weighted by Gasteiger charge is 2.50. The number of imide groups is 2. The molecule has 7 heterocycles. The minimum absolute atomic E-state index is 0.0454. The maximum Gasteiger partial charge on any atom is 0.262 e. The summed E-state index contributed by atoms with van der Waals surface area (Å²) < 4.78 is 2.10. The number of carbonyl (C=O) groups is 6. The molecule has 2 aliphatic carbocycles. The van der Waals surface area contributed by atoms with Gasteiger partial charge in [-0.05, 0) is 98.4 Å². The van der Waals surface area contributed by atoms with Crippen molar-refractivity contribution in [3.05, 3.63) is 102 Å². The third-order valence-electron chi connectivity index (χ3n) is 16.3. The molecule has 3 N–H and O–H groups in total. The minimum Gasteiger partial charge on any atom is -0.370 e. The molecule has 1 spiro atoms. The monoisotopic (exact) mass is 944 g/mol. The van der Waals surface area contributed by atoms with Crippen LogP contribution in [-0.2, 0) is 25.6 Å². The summed E-state index contributed by atoms with van der Waals surface area (Å²) in [5.74, 6) is -1.30. The predicted molar refractivity (Wildman–Crippen MR) is 259 cm³/mol. The van der Waals surface area contributed by atoms with Crippen LogP contribution in [0.3, 0.4) is 0 Å². The van der Waals surface area contributed by atoms with Crippen LogP contribution in [0, 0.1) is 11.3 Å². The number of fused-ring (bicyclic) bond motifs is 2. The van der Waals surface area contributed by atoms with Crippen molar-refractivity contribution in [2.24, 2.45) is 11.3 Å². The van der Waals surface area contributed by atoms with Gasteiger partial charge in [-0.3, -0.25) is 43.9 Å². The molecule has 3 aromatic carbocycles. The summed E-state index contributed by atoms with van der Waals surface area (Å²) >= 11 is 0. The van der Waals surface area contributed by atoms with Crippen molar-refractivity contribution in [2.75, 3.05) is 67.5 Å². The van der Waals surface area contributed by atoms with Crippen LogP contribution in [0.5, 0.6) is 0 Å². The first-order valence-electron chi connectivity index (χ1n) is 24.8. The Balaban J connectivity index is 0.569. The average molecular weight is 945 g/mol. The van der Waals surface area contributed by atoms with Crippen molar-refractivity contribution >= 4 is 69.5 Å². The Labute approximate surface area is 404 Å². The van der Waals surface area contributed by atoms with Crippen LogP contribution >= 0.6 is 0 Å². The summed E-state index contributed by atoms with van der Waals surface area (Å²) in [6.07, 6.45) is 10.1. The first kappa shape index (κ1) is 44.0. The van der Waals surface area contributed by atoms with E-state index in [1.54, 1.807) is 24.5 Å². The summed E-state index contributed by atoms with van der Waals surface area (Å²) in [5.41, 5.74) is 6.23. The fraction of sp³-hybridized carbons (Fsp3) is 0.442. The standard InChI is InChI=1S/C52H56N12O6/c65-43-13-12-42(48(67)58-43)64-50(69)40-11-10-37(25-41(40)51(64)70)62-28-33(29-62)49(68)61-16-14-52(15-17-61)26-39(27-52)60-20-18-59(19-21-60)36-8-6-34(7-9-36)57-46-45-47(54-30-53-46)63(31-55-45)38-23-35(24-38)56-44(66)22-32-4-2-1-3-5-32/h1-11,25,30-31,33,35,38-39,42H,12-24,26-29H2,(H,56,66)(H,53,54,57)(H,58,65,67)/t35?,38?,42-/m0/s1. The fourth-order valence-corrected chi connectivity index (χ4v) is 12.0. The van der Waals surface area contributed by atoms with E-state index in [9.17, 15) is 28.8 Å². The Morgan fingerprint density at radius 2 is 1.49 bits per heavy atom. The quantitative estimate of drug-likeness (QED) is 0.161. The summed E-state index contributed by atoms with van der Waals surface area (Å²) in [5, 5.41) is 8.87. The second-order valence-corrected chi connectivity index (χ2v) is 20.5. The van der Waals surface area contributed by atoms with E-state index >= 15 is 0 Å². The predicted octanol–water partition coefficient (Wildman–Crippen LogP) is 4.06. The van der Waals surface area contributed by atoms with E-state index in [2.05, 4.69) is 69.5 Å². The summed E-state index contributed by atoms with van der Waals surface area (Å²) in [7, 11) is 0. The normalized spacial score (nSPS) is 23.7. The van der Waals surface area contributed by atoms with Crippen molar-refractivity contribution in [1.29, 1.82) is 0 Å². The van der Waals surface area contributed by atoms with Crippen molar-refractivity contribution in [1.82, 2.24) is 44.9 Å². The first-order chi connectivity index (χ1) is 34.0. The number of amides is 6. The Bertz CT molecular complexity index is 2890. The molecule has 7 aliphatic rings. The number of imidazole rings is 1. The molecule has 2 aromatic heterocycles. The van der Waals surface area contributed by atoms with E-state index in [1.165, 1.54) is 18.5 Å². The molecule has 6 amide bonds. The van der Waals surface area contributed by atoms with Gasteiger partial charge in [0.2, 0.25) is 23.6 Å². The van der Waals surface area contributed by atoms with Crippen LogP contribution in [0.25, 0.3) is 11.2 Å². The number of anilines is 4. The number of rotatable bonds is 11. The molecule has 0 radical (unpaired) electrons. The molecular weight excluding hydrogens is 889 g/mol. The smallest absolute Gasteiger partial charge is 0.262 e. The lowest BCUT2D eigenvalue weighted by molar-refractivity contribution is -0.141. The van der Waals surface area contributed by atoms with Gasteiger partial charge in [0.1, 0.15) is 12.4 Å². The molecular formula is C52H56N12O6. The number of piperidine rings is 2. The number of benzene rings is 3. The largest absolute Gasteiger partial charge is 0.370 e. The lowest BCUT2D eigenvalue weighted by Crippen LogP contribution is -2.60. The number of nitrogens with one attached hydrogen (secondary N) is 3. The molecule has 18 nitrogen and oxygen atoms in total. The summed E-state index contributed by atoms with van der Waals surface area (Å²) in [4.78, 5) is 101. The van der Waals surface area contributed by atoms with E-state index in [0.29, 0.717) is 36.8 Å². The van der Waals surface area contributed by atoms with Gasteiger partial charge in [-0.15, -0.1) is 0 Å². The van der Waals surface area contributed by atoms with Gasteiger partial charge in [-0.2, -0.15) is 0 Å². The van der Waals surface area contributed by atoms with Gasteiger partial charge in [0, 0.05) is 94.0 Å². The molecule has 12 rings (SSSR count). The molecule has 1 atom stereocenters. The van der Waals surface area contributed by atoms with E-state index in [0.717, 1.165) is 98.0 Å². The Morgan fingerprint density at radius 3 is 2.23 bits per heavy atom. The summed E-state index contributed by atoms with van der Waals surface area (Å²) in [6.45, 7) is 6.68. The Morgan fingerprint density at radius 1 is 0.757 bits per heavy atom. The highest BCUT2D eigenvalue weighted by Crippen LogP contribution is 2.51. The molecule has 4 saturated heterocycles. The van der Waals surface area contributed by atoms with Gasteiger partial charge >= 0.3 is 0 Å². The van der Waals surface area contributed by atoms with Crippen LogP contribution in [0.4, 0.5) is 22.9 Å². The van der Waals surface area contributed by atoms with Gasteiger partial charge in [0.25, 0.3) is 11.8 Å². The molecule has 5 aliphatic heterocycles. The highest BCUT2D eigenvalue weighted by molar-refractivity contribution is 6.23. The molecule has 70 heavy (non-hydrogen) atoms. The van der Waals surface area contributed by atoms with E-state index in [1.807, 2.05) is 41.6 Å². The molecule has 0 unspecified atom stereocenters. The average Bonchev–Trinajstić information content (AvgIpc) is 3.87. The zero-order valence-corrected chi connectivity index (χ0v) is 39.0. The third-order valence-corrected chi connectivity index (χ3v) is 16.3. The number of likely N-dealkylation sites (tertiary alicyclic amines) is 1. The Hall–Kier alpha value is -7.21. The van der Waals surface area contributed by atoms with Crippen LogP contribution in [0.1, 0.15) is 83.7 Å². The number of aromatic nitrogens is 4. The highest BCUT2D eigenvalue weighted by atomic mass is 16.2. The van der Waals surface area contributed by atoms with Crippen molar-refractivity contribution in [3.63, 3.8) is 0 Å². The van der Waals surface area contributed by atoms with Crippen LogP contribution in [0.2, 0.25) is 0 Å². The van der Waals surface area contributed by atoms with Gasteiger partial charge in [0.05, 0.1) is 29.8 Å². The molecule has 2 saturated carbocycles. The van der Waals surface area contributed by atoms with Crippen LogP contribution in [-0.4, -0.2) is 140 Å². The fourth-order valence-electron chi connectivity index (χ4n) is 12.0. The van der Waals surface area contributed by atoms with Gasteiger partial charge < -0.3 is 29.9 Å². The van der Waals surface area contributed by atoms with Gasteiger partial charge in [-0.1, -0.05) is 30.3 Å². The maximum atomic E-state index is 13.6. The van der Waals surface area contributed by atoms with Crippen molar-refractivity contribution in [3.8, 4) is 0 Å². The van der Waals surface area contributed by atoms with E-state index < -0.39 is 29.7 Å². The SMILES string of the molecule is O=C1CC[C@H](N2C(=O)c3ccc(N4CC(C(=O)N5CCC6(CC5)CC(N5CCN(c7ccc(Nc8ncnc9c8ncn9C8CC(NC(=O)Cc9ccccc9)C8)cc7)CC5)C6)C4)cc3C2=O)C(=O)N1. The third kappa shape index (κ3) is 8.10. The van der Waals surface area contributed by atoms with Crippen LogP contribution < -0.4 is 25.8 Å². The van der Waals surface area contributed by atoms with Crippen LogP contribution in [0.15, 0.2) is 85.5 Å². The number of hydrogen-bond donors (Lipinski definition) is 3. The van der Waals surface area contributed by atoms with E-state index in [4.69, 9.17) is 4.98 Å².